The molecule has 0 radical (unpaired) electrons. The summed E-state index contributed by atoms with van der Waals surface area (Å²) in [6.45, 7) is -2.97. The van der Waals surface area contributed by atoms with E-state index < -0.39 is 24.3 Å². The third-order valence-corrected chi connectivity index (χ3v) is 4.57. The van der Waals surface area contributed by atoms with Gasteiger partial charge in [-0.1, -0.05) is 6.07 Å². The van der Waals surface area contributed by atoms with Crippen molar-refractivity contribution in [2.75, 3.05) is 26.0 Å². The second-order valence-corrected chi connectivity index (χ2v) is 7.15. The molecule has 0 aliphatic heterocycles. The molecule has 0 saturated heterocycles. The van der Waals surface area contributed by atoms with Gasteiger partial charge in [-0.05, 0) is 42.9 Å². The standard InChI is InChI=1S/C21H20F5N5O3/c1-30(9-13-3-6-17(34-20(22)23)18(7-13)33-2)10-19(32)29-15-8-14(21(24,25)26)4-5-16(15)31-12-27-11-28-31/h3-8,11-12,20H,9-10H2,1-2H3,(H,29,32). The van der Waals surface area contributed by atoms with E-state index in [2.05, 4.69) is 20.1 Å². The van der Waals surface area contributed by atoms with Gasteiger partial charge in [0.1, 0.15) is 12.7 Å². The summed E-state index contributed by atoms with van der Waals surface area (Å²) in [7, 11) is 2.91. The smallest absolute Gasteiger partial charge is 0.416 e. The second-order valence-electron chi connectivity index (χ2n) is 7.15. The van der Waals surface area contributed by atoms with Gasteiger partial charge in [0.2, 0.25) is 5.91 Å². The number of likely N-dealkylation sites (N-methyl/N-ethyl adjacent to an activating group) is 1. The molecule has 0 atom stereocenters. The van der Waals surface area contributed by atoms with Gasteiger partial charge in [0.25, 0.3) is 0 Å². The number of alkyl halides is 5. The van der Waals surface area contributed by atoms with E-state index in [0.29, 0.717) is 5.56 Å². The number of carbonyl (C=O) groups excluding carboxylic acids is 1. The quantitative estimate of drug-likeness (QED) is 0.462. The van der Waals surface area contributed by atoms with Gasteiger partial charge < -0.3 is 14.8 Å². The van der Waals surface area contributed by atoms with Crippen molar-refractivity contribution >= 4 is 11.6 Å². The zero-order valence-electron chi connectivity index (χ0n) is 18.0. The lowest BCUT2D eigenvalue weighted by atomic mass is 10.1. The normalized spacial score (nSPS) is 11.7. The zero-order chi connectivity index (χ0) is 24.9. The summed E-state index contributed by atoms with van der Waals surface area (Å²) < 4.78 is 75.1. The molecule has 1 amide bonds. The van der Waals surface area contributed by atoms with Gasteiger partial charge in [-0.2, -0.15) is 27.1 Å². The molecular formula is C21H20F5N5O3. The van der Waals surface area contributed by atoms with Crippen molar-refractivity contribution in [3.8, 4) is 17.2 Å². The zero-order valence-corrected chi connectivity index (χ0v) is 18.0. The lowest BCUT2D eigenvalue weighted by Gasteiger charge is -2.19. The molecule has 0 aliphatic carbocycles. The topological polar surface area (TPSA) is 81.5 Å². The first kappa shape index (κ1) is 24.9. The largest absolute Gasteiger partial charge is 0.493 e. The molecular weight excluding hydrogens is 465 g/mol. The van der Waals surface area contributed by atoms with Gasteiger partial charge in [0, 0.05) is 6.54 Å². The van der Waals surface area contributed by atoms with Crippen LogP contribution in [0.4, 0.5) is 27.6 Å². The van der Waals surface area contributed by atoms with E-state index in [1.165, 1.54) is 48.7 Å². The molecule has 1 N–H and O–H groups in total. The molecule has 182 valence electrons. The predicted molar refractivity (Wildman–Crippen MR) is 111 cm³/mol. The molecule has 3 rings (SSSR count). The van der Waals surface area contributed by atoms with Crippen LogP contribution < -0.4 is 14.8 Å². The highest BCUT2D eigenvalue weighted by Crippen LogP contribution is 2.33. The maximum absolute atomic E-state index is 13.2. The maximum Gasteiger partial charge on any atom is 0.416 e. The van der Waals surface area contributed by atoms with Crippen molar-refractivity contribution in [1.82, 2.24) is 19.7 Å². The van der Waals surface area contributed by atoms with E-state index in [0.717, 1.165) is 12.1 Å². The van der Waals surface area contributed by atoms with Crippen LogP contribution >= 0.6 is 0 Å². The van der Waals surface area contributed by atoms with E-state index in [-0.39, 0.29) is 36.0 Å². The lowest BCUT2D eigenvalue weighted by molar-refractivity contribution is -0.137. The summed E-state index contributed by atoms with van der Waals surface area (Å²) >= 11 is 0. The van der Waals surface area contributed by atoms with E-state index in [1.54, 1.807) is 11.9 Å². The summed E-state index contributed by atoms with van der Waals surface area (Å²) in [6, 6.07) is 7.23. The number of nitrogens with zero attached hydrogens (tertiary/aromatic N) is 4. The number of nitrogens with one attached hydrogen (secondary N) is 1. The van der Waals surface area contributed by atoms with Crippen LogP contribution in [0.15, 0.2) is 49.1 Å². The molecule has 0 saturated carbocycles. The van der Waals surface area contributed by atoms with Crippen LogP contribution in [-0.4, -0.2) is 52.9 Å². The molecule has 34 heavy (non-hydrogen) atoms. The van der Waals surface area contributed by atoms with E-state index in [1.807, 2.05) is 0 Å². The van der Waals surface area contributed by atoms with Gasteiger partial charge in [0.15, 0.2) is 11.5 Å². The van der Waals surface area contributed by atoms with Gasteiger partial charge in [-0.15, -0.1) is 0 Å². The van der Waals surface area contributed by atoms with Gasteiger partial charge in [0.05, 0.1) is 30.6 Å². The summed E-state index contributed by atoms with van der Waals surface area (Å²) in [6.07, 6.45) is -2.10. The highest BCUT2D eigenvalue weighted by molar-refractivity contribution is 5.94. The van der Waals surface area contributed by atoms with Crippen LogP contribution in [0.2, 0.25) is 0 Å². The highest BCUT2D eigenvalue weighted by Gasteiger charge is 2.31. The third kappa shape index (κ3) is 6.41. The van der Waals surface area contributed by atoms with Crippen molar-refractivity contribution in [3.05, 3.63) is 60.2 Å². The monoisotopic (exact) mass is 485 g/mol. The number of hydrogen-bond acceptors (Lipinski definition) is 6. The van der Waals surface area contributed by atoms with Gasteiger partial charge in [-0.25, -0.2) is 9.67 Å². The third-order valence-electron chi connectivity index (χ3n) is 4.57. The predicted octanol–water partition coefficient (Wildman–Crippen LogP) is 3.97. The first-order valence-electron chi connectivity index (χ1n) is 9.73. The Morgan fingerprint density at radius 2 is 1.94 bits per heavy atom. The average molecular weight is 485 g/mol. The van der Waals surface area contributed by atoms with Crippen LogP contribution in [0.1, 0.15) is 11.1 Å². The van der Waals surface area contributed by atoms with Crippen molar-refractivity contribution < 1.29 is 36.2 Å². The minimum Gasteiger partial charge on any atom is -0.493 e. The number of halogens is 5. The number of hydrogen-bond donors (Lipinski definition) is 1. The molecule has 1 heterocycles. The van der Waals surface area contributed by atoms with Gasteiger partial charge >= 0.3 is 12.8 Å². The Kier molecular flexibility index (Phi) is 7.66. The number of methoxy groups -OCH3 is 1. The minimum atomic E-state index is -4.60. The molecule has 3 aromatic rings. The van der Waals surface area contributed by atoms with Crippen LogP contribution in [0.3, 0.4) is 0 Å². The Hall–Kier alpha value is -3.74. The number of aromatic nitrogens is 3. The number of ether oxygens (including phenoxy) is 2. The Morgan fingerprint density at radius 1 is 1.18 bits per heavy atom. The molecule has 0 aliphatic rings. The molecule has 2 aromatic carbocycles. The fourth-order valence-electron chi connectivity index (χ4n) is 3.15. The van der Waals surface area contributed by atoms with Crippen LogP contribution in [0, 0.1) is 0 Å². The highest BCUT2D eigenvalue weighted by atomic mass is 19.4. The molecule has 13 heteroatoms. The van der Waals surface area contributed by atoms with Crippen molar-refractivity contribution in [3.63, 3.8) is 0 Å². The number of carbonyl (C=O) groups is 1. The number of anilines is 1. The molecule has 1 aromatic heterocycles. The van der Waals surface area contributed by atoms with E-state index in [9.17, 15) is 26.7 Å². The van der Waals surface area contributed by atoms with E-state index >= 15 is 0 Å². The van der Waals surface area contributed by atoms with Crippen LogP contribution in [0.25, 0.3) is 5.69 Å². The summed E-state index contributed by atoms with van der Waals surface area (Å²) in [5.41, 5.74) is -0.177. The Morgan fingerprint density at radius 3 is 2.56 bits per heavy atom. The number of amides is 1. The Balaban J connectivity index is 1.72. The lowest BCUT2D eigenvalue weighted by Crippen LogP contribution is -2.30. The Bertz CT molecular complexity index is 1120. The second kappa shape index (κ2) is 10.5. The first-order valence-corrected chi connectivity index (χ1v) is 9.73. The fraction of sp³-hybridized carbons (Fsp3) is 0.286. The first-order chi connectivity index (χ1) is 16.1. The minimum absolute atomic E-state index is 0.0890. The fourth-order valence-corrected chi connectivity index (χ4v) is 3.15. The number of rotatable bonds is 9. The average Bonchev–Trinajstić information content (AvgIpc) is 3.28. The summed E-state index contributed by atoms with van der Waals surface area (Å²) in [5.74, 6) is -0.614. The van der Waals surface area contributed by atoms with Crippen LogP contribution in [0.5, 0.6) is 11.5 Å². The van der Waals surface area contributed by atoms with Crippen molar-refractivity contribution in [1.29, 1.82) is 0 Å². The van der Waals surface area contributed by atoms with Gasteiger partial charge in [-0.3, -0.25) is 9.69 Å². The Labute approximate surface area is 190 Å². The maximum atomic E-state index is 13.2. The van der Waals surface area contributed by atoms with Crippen molar-refractivity contribution in [2.45, 2.75) is 19.3 Å². The SMILES string of the molecule is COc1cc(CN(C)CC(=O)Nc2cc(C(F)(F)F)ccc2-n2cncn2)ccc1OC(F)F. The molecule has 0 unspecified atom stereocenters. The molecule has 0 fully saturated rings. The summed E-state index contributed by atoms with van der Waals surface area (Å²) in [5, 5.41) is 6.38. The molecule has 0 spiro atoms. The summed E-state index contributed by atoms with van der Waals surface area (Å²) in [4.78, 5) is 17.9. The number of benzene rings is 2. The van der Waals surface area contributed by atoms with Crippen LogP contribution in [-0.2, 0) is 17.5 Å². The molecule has 0 bridgehead atoms. The van der Waals surface area contributed by atoms with Crippen molar-refractivity contribution in [2.24, 2.45) is 0 Å². The van der Waals surface area contributed by atoms with E-state index in [4.69, 9.17) is 4.74 Å². The molecule has 8 nitrogen and oxygen atoms in total.